The number of aryl methyl sites for hydroxylation is 1. The number of benzene rings is 2. The number of nitrogens with one attached hydrogen (secondary N) is 2. The van der Waals surface area contributed by atoms with Gasteiger partial charge in [-0.15, -0.1) is 0 Å². The molecule has 0 aromatic heterocycles. The van der Waals surface area contributed by atoms with Gasteiger partial charge in [-0.1, -0.05) is 83.1 Å². The fraction of sp³-hybridized carbons (Fsp3) is 0.576. The molecular weight excluding hydrogens is 472 g/mol. The van der Waals surface area contributed by atoms with Gasteiger partial charge >= 0.3 is 0 Å². The van der Waals surface area contributed by atoms with Crippen LogP contribution in [0.2, 0.25) is 0 Å². The summed E-state index contributed by atoms with van der Waals surface area (Å²) in [4.78, 5) is 25.9. The lowest BCUT2D eigenvalue weighted by Crippen LogP contribution is -2.29. The minimum Gasteiger partial charge on any atom is -0.508 e. The lowest BCUT2D eigenvalue weighted by atomic mass is 9.69. The van der Waals surface area contributed by atoms with Crippen LogP contribution in [0.4, 0.5) is 11.4 Å². The fourth-order valence-corrected chi connectivity index (χ4v) is 6.49. The van der Waals surface area contributed by atoms with Crippen molar-refractivity contribution in [3.63, 3.8) is 0 Å². The summed E-state index contributed by atoms with van der Waals surface area (Å²) >= 11 is 0. The molecule has 2 aromatic carbocycles. The van der Waals surface area contributed by atoms with E-state index in [1.165, 1.54) is 102 Å². The Balaban J connectivity index is 1.36. The predicted molar refractivity (Wildman–Crippen MR) is 156 cm³/mol. The first-order valence-electron chi connectivity index (χ1n) is 15.0. The van der Waals surface area contributed by atoms with E-state index in [9.17, 15) is 14.7 Å². The molecule has 5 rings (SSSR count). The van der Waals surface area contributed by atoms with Gasteiger partial charge in [0.25, 0.3) is 5.91 Å². The van der Waals surface area contributed by atoms with Gasteiger partial charge in [0, 0.05) is 23.4 Å². The Labute approximate surface area is 228 Å². The number of carbonyl (C=O) groups excluding carboxylic acids is 2. The molecule has 5 nitrogen and oxygen atoms in total. The van der Waals surface area contributed by atoms with E-state index in [2.05, 4.69) is 10.6 Å². The maximum absolute atomic E-state index is 13.2. The van der Waals surface area contributed by atoms with Crippen LogP contribution in [0.5, 0.6) is 5.75 Å². The molecule has 0 saturated heterocycles. The topological polar surface area (TPSA) is 78.4 Å². The zero-order chi connectivity index (χ0) is 26.7. The highest BCUT2D eigenvalue weighted by Crippen LogP contribution is 2.41. The van der Waals surface area contributed by atoms with E-state index in [4.69, 9.17) is 0 Å². The quantitative estimate of drug-likeness (QED) is 0.371. The monoisotopic (exact) mass is 518 g/mol. The summed E-state index contributed by atoms with van der Waals surface area (Å²) in [5, 5.41) is 15.6. The molecule has 0 heterocycles. The van der Waals surface area contributed by atoms with E-state index >= 15 is 0 Å². The van der Waals surface area contributed by atoms with E-state index in [0.29, 0.717) is 35.2 Å². The van der Waals surface area contributed by atoms with Crippen LogP contribution < -0.4 is 10.6 Å². The highest BCUT2D eigenvalue weighted by atomic mass is 16.3. The van der Waals surface area contributed by atoms with Crippen molar-refractivity contribution in [2.45, 2.75) is 103 Å². The van der Waals surface area contributed by atoms with Gasteiger partial charge in [0.2, 0.25) is 5.91 Å². The molecule has 3 aliphatic rings. The number of amides is 2. The number of rotatable bonds is 5. The Morgan fingerprint density at radius 1 is 0.789 bits per heavy atom. The molecule has 3 saturated carbocycles. The minimum atomic E-state index is -0.247. The molecule has 3 N–H and O–H groups in total. The fourth-order valence-electron chi connectivity index (χ4n) is 6.49. The number of anilines is 2. The van der Waals surface area contributed by atoms with Crippen LogP contribution in [0.25, 0.3) is 0 Å². The van der Waals surface area contributed by atoms with Crippen LogP contribution in [0.15, 0.2) is 42.5 Å². The van der Waals surface area contributed by atoms with Gasteiger partial charge in [-0.05, 0) is 79.5 Å². The third-order valence-electron chi connectivity index (χ3n) is 8.78. The lowest BCUT2D eigenvalue weighted by Gasteiger charge is -2.36. The molecule has 2 aromatic rings. The molecule has 2 bridgehead atoms. The maximum Gasteiger partial charge on any atom is 0.255 e. The van der Waals surface area contributed by atoms with Crippen LogP contribution in [0.1, 0.15) is 112 Å². The number of fused-ring (bicyclic) bond motifs is 12. The zero-order valence-electron chi connectivity index (χ0n) is 23.1. The number of aromatic hydroxyl groups is 1. The molecule has 3 fully saturated rings. The normalized spacial score (nSPS) is 23.1. The molecule has 0 radical (unpaired) electrons. The van der Waals surface area contributed by atoms with Gasteiger partial charge in [0.1, 0.15) is 5.75 Å². The van der Waals surface area contributed by atoms with E-state index in [-0.39, 0.29) is 17.6 Å². The van der Waals surface area contributed by atoms with E-state index in [1.807, 2.05) is 25.1 Å². The molecule has 3 unspecified atom stereocenters. The van der Waals surface area contributed by atoms with Gasteiger partial charge in [-0.25, -0.2) is 0 Å². The lowest BCUT2D eigenvalue weighted by molar-refractivity contribution is -0.118. The molecule has 3 aliphatic carbocycles. The predicted octanol–water partition coefficient (Wildman–Crippen LogP) is 8.62. The van der Waals surface area contributed by atoms with Crippen molar-refractivity contribution in [1.82, 2.24) is 0 Å². The number of carbonyl (C=O) groups is 2. The molecule has 2 amide bonds. The van der Waals surface area contributed by atoms with Crippen LogP contribution in [0, 0.1) is 24.7 Å². The van der Waals surface area contributed by atoms with Crippen molar-refractivity contribution in [2.24, 2.45) is 17.8 Å². The summed E-state index contributed by atoms with van der Waals surface area (Å²) in [5.41, 5.74) is 2.78. The summed E-state index contributed by atoms with van der Waals surface area (Å²) < 4.78 is 0. The van der Waals surface area contributed by atoms with Gasteiger partial charge < -0.3 is 15.7 Å². The summed E-state index contributed by atoms with van der Waals surface area (Å²) in [7, 11) is 0. The van der Waals surface area contributed by atoms with Crippen molar-refractivity contribution in [2.75, 3.05) is 10.6 Å². The van der Waals surface area contributed by atoms with E-state index < -0.39 is 0 Å². The first-order chi connectivity index (χ1) is 18.5. The number of phenols is 1. The Hall–Kier alpha value is -2.82. The minimum absolute atomic E-state index is 0.0817. The Morgan fingerprint density at radius 2 is 1.45 bits per heavy atom. The highest BCUT2D eigenvalue weighted by Gasteiger charge is 2.31. The van der Waals surface area contributed by atoms with Crippen LogP contribution in [-0.2, 0) is 4.79 Å². The van der Waals surface area contributed by atoms with Gasteiger partial charge in [0.15, 0.2) is 0 Å². The zero-order valence-corrected chi connectivity index (χ0v) is 23.1. The van der Waals surface area contributed by atoms with Crippen LogP contribution in [0.3, 0.4) is 0 Å². The molecule has 3 atom stereocenters. The van der Waals surface area contributed by atoms with Crippen molar-refractivity contribution in [3.8, 4) is 5.75 Å². The third kappa shape index (κ3) is 8.61. The van der Waals surface area contributed by atoms with E-state index in [0.717, 1.165) is 11.5 Å². The summed E-state index contributed by atoms with van der Waals surface area (Å²) in [5.74, 6) is 1.87. The molecular formula is C33H46N2O3. The average molecular weight is 519 g/mol. The maximum atomic E-state index is 13.2. The molecule has 0 aliphatic heterocycles. The summed E-state index contributed by atoms with van der Waals surface area (Å²) in [6.07, 6.45) is 19.3. The van der Waals surface area contributed by atoms with Gasteiger partial charge in [0.05, 0.1) is 0 Å². The van der Waals surface area contributed by atoms with Crippen molar-refractivity contribution < 1.29 is 14.7 Å². The third-order valence-corrected chi connectivity index (χ3v) is 8.78. The second kappa shape index (κ2) is 14.4. The first kappa shape index (κ1) is 28.2. The number of hydrogen-bond acceptors (Lipinski definition) is 3. The Morgan fingerprint density at radius 3 is 2.16 bits per heavy atom. The van der Waals surface area contributed by atoms with Gasteiger partial charge in [-0.2, -0.15) is 0 Å². The standard InChI is InChI=1S/C33H46N2O3/c1-24-13-18-29(23-31(24)35-33(38)27-16-19-30(36)20-17-27)34-32(37)22-28-21-25-11-9-7-5-3-2-4-6-8-10-12-26(28)15-14-25/h13,16-20,23,25-26,28,36H,2-12,14-15,21-22H2,1H3,(H,34,37)(H,35,38). The van der Waals surface area contributed by atoms with Gasteiger partial charge in [-0.3, -0.25) is 9.59 Å². The van der Waals surface area contributed by atoms with Crippen LogP contribution in [-0.4, -0.2) is 16.9 Å². The molecule has 206 valence electrons. The Bertz CT molecular complexity index is 1040. The summed E-state index contributed by atoms with van der Waals surface area (Å²) in [6.45, 7) is 1.94. The average Bonchev–Trinajstić information content (AvgIpc) is 2.91. The molecule has 0 spiro atoms. The van der Waals surface area contributed by atoms with Crippen molar-refractivity contribution in [3.05, 3.63) is 53.6 Å². The van der Waals surface area contributed by atoms with E-state index in [1.54, 1.807) is 12.1 Å². The summed E-state index contributed by atoms with van der Waals surface area (Å²) in [6, 6.07) is 11.9. The highest BCUT2D eigenvalue weighted by molar-refractivity contribution is 6.05. The SMILES string of the molecule is Cc1ccc(NC(=O)CC2CC3CCCCCCCCCCCC2CC3)cc1NC(=O)c1ccc(O)cc1. The largest absolute Gasteiger partial charge is 0.508 e. The van der Waals surface area contributed by atoms with Crippen LogP contribution >= 0.6 is 0 Å². The number of hydrogen-bond donors (Lipinski definition) is 3. The smallest absolute Gasteiger partial charge is 0.255 e. The number of phenolic OH excluding ortho intramolecular Hbond substituents is 1. The first-order valence-corrected chi connectivity index (χ1v) is 15.0. The second-order valence-corrected chi connectivity index (χ2v) is 11.7. The Kier molecular flexibility index (Phi) is 10.7. The second-order valence-electron chi connectivity index (χ2n) is 11.7. The molecule has 5 heteroatoms. The molecule has 38 heavy (non-hydrogen) atoms. The van der Waals surface area contributed by atoms with Crippen molar-refractivity contribution >= 4 is 23.2 Å². The van der Waals surface area contributed by atoms with Crippen molar-refractivity contribution in [1.29, 1.82) is 0 Å².